The minimum absolute atomic E-state index is 0.308. The highest BCUT2D eigenvalue weighted by atomic mass is 16.4. The highest BCUT2D eigenvalue weighted by Crippen LogP contribution is 2.11. The average Bonchev–Trinajstić information content (AvgIpc) is 2.15. The molecule has 1 aromatic rings. The van der Waals surface area contributed by atoms with Crippen LogP contribution in [0, 0.1) is 0 Å². The minimum atomic E-state index is -1.08. The first-order chi connectivity index (χ1) is 6.24. The number of carboxylic acid groups (broad SMARTS) is 1. The molecule has 0 amide bonds. The van der Waals surface area contributed by atoms with E-state index in [0.29, 0.717) is 11.1 Å². The predicted molar refractivity (Wildman–Crippen MR) is 46.9 cm³/mol. The summed E-state index contributed by atoms with van der Waals surface area (Å²) < 4.78 is 0. The van der Waals surface area contributed by atoms with E-state index in [2.05, 4.69) is 4.98 Å². The minimum Gasteiger partial charge on any atom is -0.478 e. The molecule has 0 saturated heterocycles. The lowest BCUT2D eigenvalue weighted by atomic mass is 10.1. The van der Waals surface area contributed by atoms with Gasteiger partial charge in [-0.25, -0.2) is 4.79 Å². The maximum absolute atomic E-state index is 10.3. The van der Waals surface area contributed by atoms with Crippen LogP contribution in [0.2, 0.25) is 0 Å². The summed E-state index contributed by atoms with van der Waals surface area (Å²) in [7, 11) is 0. The maximum Gasteiger partial charge on any atom is 0.328 e. The average molecular weight is 179 g/mol. The molecule has 0 radical (unpaired) electrons. The van der Waals surface area contributed by atoms with Gasteiger partial charge in [0.15, 0.2) is 0 Å². The van der Waals surface area contributed by atoms with Crippen LogP contribution < -0.4 is 0 Å². The maximum atomic E-state index is 10.3. The van der Waals surface area contributed by atoms with Gasteiger partial charge in [0.2, 0.25) is 0 Å². The van der Waals surface area contributed by atoms with E-state index in [1.807, 2.05) is 0 Å². The lowest BCUT2D eigenvalue weighted by molar-refractivity contribution is -0.131. The number of aliphatic carboxylic acids is 1. The van der Waals surface area contributed by atoms with Crippen LogP contribution in [-0.4, -0.2) is 27.8 Å². The van der Waals surface area contributed by atoms with Crippen LogP contribution in [0.1, 0.15) is 5.56 Å². The second kappa shape index (κ2) is 4.37. The van der Waals surface area contributed by atoms with Gasteiger partial charge in [-0.15, -0.1) is 0 Å². The van der Waals surface area contributed by atoms with Crippen LogP contribution in [-0.2, 0) is 4.79 Å². The molecule has 0 aromatic carbocycles. The highest BCUT2D eigenvalue weighted by molar-refractivity contribution is 5.90. The molecule has 1 heterocycles. The van der Waals surface area contributed by atoms with Gasteiger partial charge in [-0.2, -0.15) is 0 Å². The van der Waals surface area contributed by atoms with Gasteiger partial charge in [0, 0.05) is 18.5 Å². The summed E-state index contributed by atoms with van der Waals surface area (Å²) in [5, 5.41) is 17.3. The molecule has 0 aliphatic heterocycles. The quantitative estimate of drug-likeness (QED) is 0.664. The van der Waals surface area contributed by atoms with E-state index in [4.69, 9.17) is 10.2 Å². The zero-order valence-electron chi connectivity index (χ0n) is 6.84. The van der Waals surface area contributed by atoms with Crippen LogP contribution in [0.25, 0.3) is 5.57 Å². The van der Waals surface area contributed by atoms with Gasteiger partial charge in [0.1, 0.15) is 0 Å². The molecule has 0 bridgehead atoms. The normalized spacial score (nSPS) is 11.3. The highest BCUT2D eigenvalue weighted by Gasteiger charge is 2.01. The number of hydrogen-bond acceptors (Lipinski definition) is 3. The second-order valence-corrected chi connectivity index (χ2v) is 2.41. The number of pyridine rings is 1. The number of aliphatic hydroxyl groups is 1. The van der Waals surface area contributed by atoms with Crippen LogP contribution in [0.3, 0.4) is 0 Å². The zero-order chi connectivity index (χ0) is 9.68. The topological polar surface area (TPSA) is 70.4 Å². The Morgan fingerprint density at radius 2 is 2.38 bits per heavy atom. The largest absolute Gasteiger partial charge is 0.478 e. The fourth-order valence-electron chi connectivity index (χ4n) is 0.922. The fraction of sp³-hybridized carbons (Fsp3) is 0.111. The van der Waals surface area contributed by atoms with Crippen LogP contribution in [0.5, 0.6) is 0 Å². The van der Waals surface area contributed by atoms with Crippen molar-refractivity contribution in [1.29, 1.82) is 0 Å². The van der Waals surface area contributed by atoms with Crippen molar-refractivity contribution in [2.24, 2.45) is 0 Å². The third kappa shape index (κ3) is 2.68. The third-order valence-electron chi connectivity index (χ3n) is 1.50. The molecular weight excluding hydrogens is 170 g/mol. The number of carboxylic acids is 1. The van der Waals surface area contributed by atoms with E-state index in [1.54, 1.807) is 18.3 Å². The SMILES string of the molecule is O=C(O)/C=C(\CO)c1cccnc1. The standard InChI is InChI=1S/C9H9NO3/c11-6-8(4-9(12)13)7-2-1-3-10-5-7/h1-5,11H,6H2,(H,12,13)/b8-4+. The van der Waals surface area contributed by atoms with Crippen molar-refractivity contribution in [1.82, 2.24) is 4.98 Å². The molecule has 0 saturated carbocycles. The van der Waals surface area contributed by atoms with E-state index >= 15 is 0 Å². The molecule has 68 valence electrons. The molecule has 0 aliphatic carbocycles. The molecule has 1 rings (SSSR count). The Bertz CT molecular complexity index is 319. The number of hydrogen-bond donors (Lipinski definition) is 2. The number of carbonyl (C=O) groups is 1. The van der Waals surface area contributed by atoms with Gasteiger partial charge in [-0.05, 0) is 17.2 Å². The van der Waals surface area contributed by atoms with Crippen molar-refractivity contribution in [3.05, 3.63) is 36.2 Å². The first kappa shape index (κ1) is 9.41. The summed E-state index contributed by atoms with van der Waals surface area (Å²) in [4.78, 5) is 14.1. The van der Waals surface area contributed by atoms with E-state index < -0.39 is 5.97 Å². The third-order valence-corrected chi connectivity index (χ3v) is 1.50. The van der Waals surface area contributed by atoms with Crippen LogP contribution in [0.15, 0.2) is 30.6 Å². The number of aliphatic hydroxyl groups excluding tert-OH is 1. The monoisotopic (exact) mass is 179 g/mol. The Balaban J connectivity index is 2.98. The Morgan fingerprint density at radius 1 is 1.62 bits per heavy atom. The van der Waals surface area contributed by atoms with E-state index in [-0.39, 0.29) is 6.61 Å². The lowest BCUT2D eigenvalue weighted by Crippen LogP contribution is -1.96. The summed E-state index contributed by atoms with van der Waals surface area (Å²) in [5.74, 6) is -1.08. The summed E-state index contributed by atoms with van der Waals surface area (Å²) >= 11 is 0. The molecule has 0 unspecified atom stereocenters. The summed E-state index contributed by atoms with van der Waals surface area (Å²) in [6.45, 7) is -0.308. The molecule has 0 spiro atoms. The number of rotatable bonds is 3. The van der Waals surface area contributed by atoms with Crippen molar-refractivity contribution in [2.45, 2.75) is 0 Å². The van der Waals surface area contributed by atoms with Crippen molar-refractivity contribution in [2.75, 3.05) is 6.61 Å². The van der Waals surface area contributed by atoms with Crippen molar-refractivity contribution in [3.8, 4) is 0 Å². The van der Waals surface area contributed by atoms with Gasteiger partial charge < -0.3 is 10.2 Å². The molecule has 0 fully saturated rings. The summed E-state index contributed by atoms with van der Waals surface area (Å²) in [6.07, 6.45) is 4.06. The Hall–Kier alpha value is -1.68. The first-order valence-corrected chi connectivity index (χ1v) is 3.69. The Kier molecular flexibility index (Phi) is 3.16. The van der Waals surface area contributed by atoms with Gasteiger partial charge in [-0.3, -0.25) is 4.98 Å². The summed E-state index contributed by atoms with van der Waals surface area (Å²) in [6, 6.07) is 3.37. The number of nitrogens with zero attached hydrogens (tertiary/aromatic N) is 1. The molecular formula is C9H9NO3. The predicted octanol–water partition coefficient (Wildman–Crippen LogP) is 0.542. The second-order valence-electron chi connectivity index (χ2n) is 2.41. The van der Waals surface area contributed by atoms with Gasteiger partial charge in [0.05, 0.1) is 6.61 Å². The van der Waals surface area contributed by atoms with Crippen LogP contribution in [0.4, 0.5) is 0 Å². The van der Waals surface area contributed by atoms with Gasteiger partial charge in [-0.1, -0.05) is 6.07 Å². The Morgan fingerprint density at radius 3 is 2.85 bits per heavy atom. The lowest BCUT2D eigenvalue weighted by Gasteiger charge is -2.00. The molecule has 0 atom stereocenters. The first-order valence-electron chi connectivity index (χ1n) is 3.69. The van der Waals surface area contributed by atoms with E-state index in [1.165, 1.54) is 6.20 Å². The van der Waals surface area contributed by atoms with Gasteiger partial charge in [0.25, 0.3) is 0 Å². The zero-order valence-corrected chi connectivity index (χ0v) is 6.84. The molecule has 4 heteroatoms. The van der Waals surface area contributed by atoms with Gasteiger partial charge >= 0.3 is 5.97 Å². The Labute approximate surface area is 75.2 Å². The molecule has 2 N–H and O–H groups in total. The summed E-state index contributed by atoms with van der Waals surface area (Å²) in [5.41, 5.74) is 0.966. The molecule has 13 heavy (non-hydrogen) atoms. The van der Waals surface area contributed by atoms with E-state index in [0.717, 1.165) is 6.08 Å². The van der Waals surface area contributed by atoms with E-state index in [9.17, 15) is 4.79 Å². The molecule has 4 nitrogen and oxygen atoms in total. The van der Waals surface area contributed by atoms with Crippen molar-refractivity contribution in [3.63, 3.8) is 0 Å². The molecule has 1 aromatic heterocycles. The fourth-order valence-corrected chi connectivity index (χ4v) is 0.922. The van der Waals surface area contributed by atoms with Crippen LogP contribution >= 0.6 is 0 Å². The van der Waals surface area contributed by atoms with Crippen molar-refractivity contribution < 1.29 is 15.0 Å². The number of aromatic nitrogens is 1. The smallest absolute Gasteiger partial charge is 0.328 e. The molecule has 0 aliphatic rings. The van der Waals surface area contributed by atoms with Crippen molar-refractivity contribution >= 4 is 11.5 Å².